The number of ether oxygens (including phenoxy) is 1. The highest BCUT2D eigenvalue weighted by atomic mass is 79.9. The Morgan fingerprint density at radius 2 is 1.90 bits per heavy atom. The van der Waals surface area contributed by atoms with Crippen LogP contribution in [0.3, 0.4) is 0 Å². The molecule has 2 aromatic rings. The molecule has 0 aromatic heterocycles. The molecular formula is C17H19BrFNO. The summed E-state index contributed by atoms with van der Waals surface area (Å²) in [5, 5.41) is 0. The SMILES string of the molecule is Cc1cc(OCc2cc(F)cc(Br)c2)c(C(C)C)cc1N. The van der Waals surface area contributed by atoms with Crippen LogP contribution >= 0.6 is 15.9 Å². The minimum absolute atomic E-state index is 0.277. The van der Waals surface area contributed by atoms with Crippen molar-refractivity contribution in [2.75, 3.05) is 5.73 Å². The summed E-state index contributed by atoms with van der Waals surface area (Å²) in [4.78, 5) is 0. The van der Waals surface area contributed by atoms with Crippen molar-refractivity contribution < 1.29 is 9.13 Å². The second kappa shape index (κ2) is 6.48. The first-order chi connectivity index (χ1) is 9.86. The van der Waals surface area contributed by atoms with Crippen molar-refractivity contribution in [3.63, 3.8) is 0 Å². The number of benzene rings is 2. The van der Waals surface area contributed by atoms with Gasteiger partial charge >= 0.3 is 0 Å². The Labute approximate surface area is 133 Å². The van der Waals surface area contributed by atoms with E-state index < -0.39 is 0 Å². The number of anilines is 1. The molecule has 4 heteroatoms. The number of halogens is 2. The molecule has 0 aliphatic heterocycles. The molecule has 2 rings (SSSR count). The second-order valence-corrected chi connectivity index (χ2v) is 6.38. The van der Waals surface area contributed by atoms with Gasteiger partial charge in [0, 0.05) is 10.2 Å². The monoisotopic (exact) mass is 351 g/mol. The number of hydrogen-bond acceptors (Lipinski definition) is 2. The Morgan fingerprint density at radius 1 is 1.19 bits per heavy atom. The summed E-state index contributed by atoms with van der Waals surface area (Å²) < 4.78 is 20.0. The Morgan fingerprint density at radius 3 is 2.52 bits per heavy atom. The molecule has 0 bridgehead atoms. The Bertz CT molecular complexity index is 635. The molecule has 0 saturated heterocycles. The minimum Gasteiger partial charge on any atom is -0.489 e. The average molecular weight is 352 g/mol. The fourth-order valence-corrected chi connectivity index (χ4v) is 2.66. The predicted octanol–water partition coefficient (Wildman–Crippen LogP) is 5.18. The predicted molar refractivity (Wildman–Crippen MR) is 88.1 cm³/mol. The van der Waals surface area contributed by atoms with Gasteiger partial charge in [0.25, 0.3) is 0 Å². The van der Waals surface area contributed by atoms with E-state index in [4.69, 9.17) is 10.5 Å². The van der Waals surface area contributed by atoms with Gasteiger partial charge < -0.3 is 10.5 Å². The molecular weight excluding hydrogens is 333 g/mol. The van der Waals surface area contributed by atoms with E-state index in [-0.39, 0.29) is 5.82 Å². The molecule has 112 valence electrons. The molecule has 21 heavy (non-hydrogen) atoms. The van der Waals surface area contributed by atoms with E-state index in [0.717, 1.165) is 28.1 Å². The van der Waals surface area contributed by atoms with Gasteiger partial charge in [0.2, 0.25) is 0 Å². The molecule has 2 aromatic carbocycles. The molecule has 0 spiro atoms. The van der Waals surface area contributed by atoms with Gasteiger partial charge in [-0.2, -0.15) is 0 Å². The van der Waals surface area contributed by atoms with E-state index in [2.05, 4.69) is 29.8 Å². The Kier molecular flexibility index (Phi) is 4.88. The van der Waals surface area contributed by atoms with Crippen LogP contribution < -0.4 is 10.5 Å². The van der Waals surface area contributed by atoms with Crippen molar-refractivity contribution in [2.24, 2.45) is 0 Å². The van der Waals surface area contributed by atoms with Crippen LogP contribution in [-0.4, -0.2) is 0 Å². The Balaban J connectivity index is 2.25. The van der Waals surface area contributed by atoms with Gasteiger partial charge in [-0.25, -0.2) is 4.39 Å². The summed E-state index contributed by atoms with van der Waals surface area (Å²) in [5.41, 5.74) is 9.55. The zero-order chi connectivity index (χ0) is 15.6. The maximum absolute atomic E-state index is 13.4. The van der Waals surface area contributed by atoms with Crippen molar-refractivity contribution in [3.05, 3.63) is 57.3 Å². The quantitative estimate of drug-likeness (QED) is 0.770. The van der Waals surface area contributed by atoms with Crippen LogP contribution in [0.5, 0.6) is 5.75 Å². The van der Waals surface area contributed by atoms with Gasteiger partial charge in [0.1, 0.15) is 18.2 Å². The smallest absolute Gasteiger partial charge is 0.124 e. The fraction of sp³-hybridized carbons (Fsp3) is 0.294. The van der Waals surface area contributed by atoms with Crippen LogP contribution in [-0.2, 0) is 6.61 Å². The molecule has 0 fully saturated rings. The molecule has 2 nitrogen and oxygen atoms in total. The zero-order valence-electron chi connectivity index (χ0n) is 12.4. The van der Waals surface area contributed by atoms with Crippen molar-refractivity contribution in [1.29, 1.82) is 0 Å². The van der Waals surface area contributed by atoms with Crippen LogP contribution in [0.25, 0.3) is 0 Å². The Hall–Kier alpha value is -1.55. The lowest BCUT2D eigenvalue weighted by Crippen LogP contribution is -2.03. The molecule has 0 radical (unpaired) electrons. The number of hydrogen-bond donors (Lipinski definition) is 1. The molecule has 0 amide bonds. The lowest BCUT2D eigenvalue weighted by Gasteiger charge is -2.16. The maximum Gasteiger partial charge on any atom is 0.124 e. The molecule has 0 aliphatic carbocycles. The summed E-state index contributed by atoms with van der Waals surface area (Å²) >= 11 is 3.29. The van der Waals surface area contributed by atoms with Crippen LogP contribution in [0, 0.1) is 12.7 Å². The molecule has 0 aliphatic rings. The summed E-state index contributed by atoms with van der Waals surface area (Å²) in [5.74, 6) is 0.833. The second-order valence-electron chi connectivity index (χ2n) is 5.47. The zero-order valence-corrected chi connectivity index (χ0v) is 14.0. The molecule has 0 atom stereocenters. The van der Waals surface area contributed by atoms with E-state index >= 15 is 0 Å². The van der Waals surface area contributed by atoms with E-state index in [1.54, 1.807) is 0 Å². The molecule has 0 unspecified atom stereocenters. The van der Waals surface area contributed by atoms with E-state index in [1.165, 1.54) is 12.1 Å². The number of nitrogen functional groups attached to an aromatic ring is 1. The van der Waals surface area contributed by atoms with Gasteiger partial charge in [-0.3, -0.25) is 0 Å². The molecule has 0 heterocycles. The van der Waals surface area contributed by atoms with Crippen LogP contribution in [0.1, 0.15) is 36.5 Å². The third-order valence-electron chi connectivity index (χ3n) is 3.34. The number of aryl methyl sites for hydroxylation is 1. The van der Waals surface area contributed by atoms with E-state index in [1.807, 2.05) is 25.1 Å². The van der Waals surface area contributed by atoms with Gasteiger partial charge in [-0.1, -0.05) is 29.8 Å². The number of rotatable bonds is 4. The van der Waals surface area contributed by atoms with Crippen molar-refractivity contribution in [1.82, 2.24) is 0 Å². The van der Waals surface area contributed by atoms with Crippen LogP contribution in [0.4, 0.5) is 10.1 Å². The fourth-order valence-electron chi connectivity index (χ4n) is 2.15. The number of nitrogens with two attached hydrogens (primary N) is 1. The van der Waals surface area contributed by atoms with Gasteiger partial charge in [0.05, 0.1) is 0 Å². The first kappa shape index (κ1) is 15.8. The van der Waals surface area contributed by atoms with Crippen LogP contribution in [0.2, 0.25) is 0 Å². The van der Waals surface area contributed by atoms with Crippen molar-refractivity contribution >= 4 is 21.6 Å². The van der Waals surface area contributed by atoms with Crippen molar-refractivity contribution in [2.45, 2.75) is 33.3 Å². The van der Waals surface area contributed by atoms with Gasteiger partial charge in [-0.05, 0) is 59.9 Å². The average Bonchev–Trinajstić information content (AvgIpc) is 2.38. The van der Waals surface area contributed by atoms with Crippen molar-refractivity contribution in [3.8, 4) is 5.75 Å². The highest BCUT2D eigenvalue weighted by Gasteiger charge is 2.11. The largest absolute Gasteiger partial charge is 0.489 e. The standard InChI is InChI=1S/C17H19BrFNO/c1-10(2)15-8-16(20)11(3)4-17(15)21-9-12-5-13(18)7-14(19)6-12/h4-8,10H,9,20H2,1-3H3. The topological polar surface area (TPSA) is 35.2 Å². The van der Waals surface area contributed by atoms with Gasteiger partial charge in [0.15, 0.2) is 0 Å². The van der Waals surface area contributed by atoms with Gasteiger partial charge in [-0.15, -0.1) is 0 Å². The molecule has 2 N–H and O–H groups in total. The first-order valence-corrected chi connectivity index (χ1v) is 7.64. The summed E-state index contributed by atoms with van der Waals surface area (Å²) in [6, 6.07) is 8.65. The highest BCUT2D eigenvalue weighted by Crippen LogP contribution is 2.31. The lowest BCUT2D eigenvalue weighted by atomic mass is 9.99. The van der Waals surface area contributed by atoms with Crippen LogP contribution in [0.15, 0.2) is 34.8 Å². The van der Waals surface area contributed by atoms with E-state index in [0.29, 0.717) is 17.0 Å². The molecule has 0 saturated carbocycles. The summed E-state index contributed by atoms with van der Waals surface area (Å²) in [6.45, 7) is 6.45. The third-order valence-corrected chi connectivity index (χ3v) is 3.79. The minimum atomic E-state index is -0.277. The third kappa shape index (κ3) is 3.97. The summed E-state index contributed by atoms with van der Waals surface area (Å²) in [7, 11) is 0. The lowest BCUT2D eigenvalue weighted by molar-refractivity contribution is 0.301. The summed E-state index contributed by atoms with van der Waals surface area (Å²) in [6.07, 6.45) is 0. The first-order valence-electron chi connectivity index (χ1n) is 6.84. The normalized spacial score (nSPS) is 11.0. The van der Waals surface area contributed by atoms with E-state index in [9.17, 15) is 4.39 Å². The highest BCUT2D eigenvalue weighted by molar-refractivity contribution is 9.10. The maximum atomic E-state index is 13.4.